The molecular weight excluding hydrogens is 733 g/mol. The van der Waals surface area contributed by atoms with Crippen molar-refractivity contribution in [1.29, 1.82) is 0 Å². The van der Waals surface area contributed by atoms with Crippen LogP contribution in [0.5, 0.6) is 5.75 Å². The van der Waals surface area contributed by atoms with Crippen LogP contribution in [0.4, 0.5) is 0 Å². The summed E-state index contributed by atoms with van der Waals surface area (Å²) in [7, 11) is -3.57. The fourth-order valence-corrected chi connectivity index (χ4v) is 7.87. The van der Waals surface area contributed by atoms with Crippen LogP contribution in [-0.2, 0) is 20.0 Å². The van der Waals surface area contributed by atoms with Gasteiger partial charge in [0.15, 0.2) is 5.69 Å². The molecule has 1 saturated heterocycles. The minimum Gasteiger partial charge on any atom is -1.00 e. The maximum Gasteiger partial charge on any atom is 0.340 e. The number of rotatable bonds is 8. The van der Waals surface area contributed by atoms with Crippen molar-refractivity contribution in [1.82, 2.24) is 19.9 Å². The molecule has 1 spiro atoms. The Morgan fingerprint density at radius 1 is 0.792 bits per heavy atom. The summed E-state index contributed by atoms with van der Waals surface area (Å²) in [4.78, 5) is 17.1. The van der Waals surface area contributed by atoms with Gasteiger partial charge in [0, 0.05) is 22.3 Å². The highest BCUT2D eigenvalue weighted by Gasteiger charge is 2.43. The number of hydrogen-bond acceptors (Lipinski definition) is 7. The van der Waals surface area contributed by atoms with Crippen molar-refractivity contribution in [2.75, 3.05) is 26.2 Å². The summed E-state index contributed by atoms with van der Waals surface area (Å²) < 4.78 is 31.6. The maximum absolute atomic E-state index is 12.9. The Hall–Kier alpha value is -5.07. The first-order valence-electron chi connectivity index (χ1n) is 16.9. The molecule has 13 heteroatoms. The van der Waals surface area contributed by atoms with Gasteiger partial charge in [-0.2, -0.15) is 0 Å². The Balaban J connectivity index is 0.000000200. The van der Waals surface area contributed by atoms with Crippen LogP contribution in [0, 0.1) is 0 Å². The van der Waals surface area contributed by atoms with E-state index in [1.54, 1.807) is 42.5 Å². The predicted octanol–water partition coefficient (Wildman–Crippen LogP) is 3.36. The van der Waals surface area contributed by atoms with Gasteiger partial charge in [-0.1, -0.05) is 78.9 Å². The highest BCUT2D eigenvalue weighted by atomic mass is 35.5. The molecule has 10 nitrogen and oxygen atoms in total. The molecule has 2 aliphatic heterocycles. The van der Waals surface area contributed by atoms with E-state index in [2.05, 4.69) is 4.90 Å². The number of benzene rings is 5. The van der Waals surface area contributed by atoms with Crippen molar-refractivity contribution in [2.45, 2.75) is 34.5 Å². The van der Waals surface area contributed by atoms with Crippen LogP contribution in [0.3, 0.4) is 0 Å². The van der Waals surface area contributed by atoms with Crippen LogP contribution in [0.2, 0.25) is 0 Å². The lowest BCUT2D eigenvalue weighted by Gasteiger charge is -2.38. The lowest BCUT2D eigenvalue weighted by Crippen LogP contribution is -3.00. The van der Waals surface area contributed by atoms with Gasteiger partial charge in [-0.05, 0) is 96.5 Å². The summed E-state index contributed by atoms with van der Waals surface area (Å²) in [5.41, 5.74) is 3.88. The fourth-order valence-electron chi connectivity index (χ4n) is 6.57. The number of halogens is 2. The first-order valence-corrected chi connectivity index (χ1v) is 18.4. The zero-order valence-corrected chi connectivity index (χ0v) is 31.1. The molecule has 0 unspecified atom stereocenters. The zero-order valence-electron chi connectivity index (χ0n) is 28.7. The predicted molar refractivity (Wildman–Crippen MR) is 199 cm³/mol. The number of piperidine rings is 1. The van der Waals surface area contributed by atoms with Crippen molar-refractivity contribution < 1.29 is 40.3 Å². The standard InChI is InChI=1S/C21H23NO5S.C19H15N4.2ClH/c23-20(24)8-11-22-12-9-21(10-13-22)15-27-19-14-17(6-7-18(19)21)28(25,26)16-4-2-1-3-5-16;1-4-10-16(11-5-1)19-20-22(17-12-6-2-7-13-17)23(21-19)18-14-8-3-9-15-18;;/h1-7,14H,8-13,15H2,(H,23,24);1-15H;2*1H/q;+1;;/p-1. The second-order valence-electron chi connectivity index (χ2n) is 12.7. The van der Waals surface area contributed by atoms with E-state index in [-0.39, 0.29) is 46.4 Å². The Bertz CT molecular complexity index is 2160. The Labute approximate surface area is 321 Å². The van der Waals surface area contributed by atoms with Crippen molar-refractivity contribution in [2.24, 2.45) is 0 Å². The monoisotopic (exact) mass is 771 g/mol. The number of carbonyl (C=O) groups is 1. The largest absolute Gasteiger partial charge is 1.00 e. The van der Waals surface area contributed by atoms with Gasteiger partial charge < -0.3 is 27.2 Å². The number of para-hydroxylation sites is 2. The lowest BCUT2D eigenvalue weighted by molar-refractivity contribution is -0.734. The molecule has 1 N–H and O–H groups in total. The molecule has 0 bridgehead atoms. The van der Waals surface area contributed by atoms with Crippen LogP contribution >= 0.6 is 12.4 Å². The Morgan fingerprint density at radius 2 is 1.38 bits per heavy atom. The van der Waals surface area contributed by atoms with E-state index in [9.17, 15) is 13.2 Å². The van der Waals surface area contributed by atoms with E-state index < -0.39 is 15.8 Å². The number of carboxylic acids is 1. The number of fused-ring (bicyclic) bond motifs is 2. The van der Waals surface area contributed by atoms with Crippen LogP contribution < -0.4 is 21.9 Å². The molecule has 0 saturated carbocycles. The molecule has 8 rings (SSSR count). The quantitative estimate of drug-likeness (QED) is 0.234. The summed E-state index contributed by atoms with van der Waals surface area (Å²) in [6, 6.07) is 43.6. The third-order valence-corrected chi connectivity index (χ3v) is 11.2. The second-order valence-corrected chi connectivity index (χ2v) is 14.6. The van der Waals surface area contributed by atoms with Crippen LogP contribution in [0.15, 0.2) is 149 Å². The van der Waals surface area contributed by atoms with Gasteiger partial charge in [0.2, 0.25) is 9.84 Å². The molecule has 5 aromatic carbocycles. The van der Waals surface area contributed by atoms with Gasteiger partial charge in [-0.3, -0.25) is 4.79 Å². The van der Waals surface area contributed by atoms with E-state index in [0.29, 0.717) is 24.7 Å². The van der Waals surface area contributed by atoms with Gasteiger partial charge in [-0.15, -0.1) is 12.4 Å². The molecule has 1 fully saturated rings. The van der Waals surface area contributed by atoms with Crippen LogP contribution in [-0.4, -0.2) is 65.6 Å². The Morgan fingerprint density at radius 3 is 2.00 bits per heavy atom. The van der Waals surface area contributed by atoms with E-state index in [1.165, 1.54) is 0 Å². The van der Waals surface area contributed by atoms with E-state index >= 15 is 0 Å². The smallest absolute Gasteiger partial charge is 0.340 e. The number of aromatic nitrogens is 4. The van der Waals surface area contributed by atoms with Gasteiger partial charge >= 0.3 is 11.8 Å². The minimum absolute atomic E-state index is 0. The highest BCUT2D eigenvalue weighted by molar-refractivity contribution is 7.91. The molecule has 1 aromatic heterocycles. The average molecular weight is 773 g/mol. The topological polar surface area (TPSA) is 118 Å². The van der Waals surface area contributed by atoms with Gasteiger partial charge in [0.05, 0.1) is 33.5 Å². The number of aliphatic carboxylic acids is 1. The second kappa shape index (κ2) is 17.2. The number of nitrogens with zero attached hydrogens (tertiary/aromatic N) is 5. The molecule has 6 aromatic rings. The molecule has 2 aliphatic rings. The summed E-state index contributed by atoms with van der Waals surface area (Å²) in [6.07, 6.45) is 1.91. The van der Waals surface area contributed by atoms with Crippen molar-refractivity contribution in [3.05, 3.63) is 145 Å². The van der Waals surface area contributed by atoms with Crippen molar-refractivity contribution >= 4 is 28.2 Å². The van der Waals surface area contributed by atoms with Crippen molar-refractivity contribution in [3.63, 3.8) is 0 Å². The average Bonchev–Trinajstić information content (AvgIpc) is 3.79. The first kappa shape index (κ1) is 39.1. The molecule has 53 heavy (non-hydrogen) atoms. The molecule has 274 valence electrons. The number of carboxylic acid groups (broad SMARTS) is 1. The van der Waals surface area contributed by atoms with E-state index in [0.717, 1.165) is 48.4 Å². The van der Waals surface area contributed by atoms with Crippen LogP contribution in [0.1, 0.15) is 24.8 Å². The van der Waals surface area contributed by atoms with Crippen molar-refractivity contribution in [3.8, 4) is 28.5 Å². The molecule has 0 radical (unpaired) electrons. The van der Waals surface area contributed by atoms with Gasteiger partial charge in [0.1, 0.15) is 11.4 Å². The van der Waals surface area contributed by atoms with E-state index in [4.69, 9.17) is 20.0 Å². The number of likely N-dealkylation sites (tertiary alicyclic amines) is 1. The van der Waals surface area contributed by atoms with Gasteiger partial charge in [0.25, 0.3) is 0 Å². The molecular formula is C40H39Cl2N5O5S. The Kier molecular flexibility index (Phi) is 12.7. The molecule has 0 atom stereocenters. The number of tetrazole rings is 1. The third kappa shape index (κ3) is 8.60. The summed E-state index contributed by atoms with van der Waals surface area (Å²) >= 11 is 0. The first-order chi connectivity index (χ1) is 24.8. The van der Waals surface area contributed by atoms with Crippen LogP contribution in [0.25, 0.3) is 22.8 Å². The molecule has 3 heterocycles. The minimum atomic E-state index is -3.57. The normalized spacial score (nSPS) is 14.4. The molecule has 0 aliphatic carbocycles. The molecule has 0 amide bonds. The summed E-state index contributed by atoms with van der Waals surface area (Å²) in [6.45, 7) is 2.75. The summed E-state index contributed by atoms with van der Waals surface area (Å²) in [5.74, 6) is 0.566. The number of ether oxygens (including phenoxy) is 1. The lowest BCUT2D eigenvalue weighted by atomic mass is 9.74. The maximum atomic E-state index is 12.9. The number of sulfone groups is 1. The zero-order chi connectivity index (χ0) is 35.3. The highest BCUT2D eigenvalue weighted by Crippen LogP contribution is 2.46. The fraction of sp³-hybridized carbons (Fsp3) is 0.200. The summed E-state index contributed by atoms with van der Waals surface area (Å²) in [5, 5.41) is 18.2. The number of hydrogen-bond donors (Lipinski definition) is 1. The van der Waals surface area contributed by atoms with E-state index in [1.807, 2.05) is 107 Å². The van der Waals surface area contributed by atoms with Gasteiger partial charge in [-0.25, -0.2) is 8.42 Å². The third-order valence-electron chi connectivity index (χ3n) is 9.41. The SMILES string of the molecule is Cl.O=C(O)CCN1CCC2(CC1)COc1cc(S(=O)(=O)c3ccccc3)ccc12.[Cl-].c1ccc(-c2nn(-c3ccccc3)[n+](-c3ccccc3)n2)cc1.